The number of hydrogen-bond acceptors (Lipinski definition) is 3. The average molecular weight is 376 g/mol. The van der Waals surface area contributed by atoms with Crippen LogP contribution >= 0.6 is 15.9 Å². The highest BCUT2D eigenvalue weighted by molar-refractivity contribution is 9.10. The lowest BCUT2D eigenvalue weighted by atomic mass is 10.2. The third kappa shape index (κ3) is 3.17. The lowest BCUT2D eigenvalue weighted by Gasteiger charge is -1.99. The highest BCUT2D eigenvalue weighted by atomic mass is 79.9. The Balaban J connectivity index is 2.21. The van der Waals surface area contributed by atoms with Gasteiger partial charge in [-0.05, 0) is 47.5 Å². The summed E-state index contributed by atoms with van der Waals surface area (Å²) in [5.41, 5.74) is 2.82. The Morgan fingerprint density at radius 2 is 2.30 bits per heavy atom. The highest BCUT2D eigenvalue weighted by Gasteiger charge is 2.10. The van der Waals surface area contributed by atoms with Crippen LogP contribution in [0.4, 0.5) is 0 Å². The van der Waals surface area contributed by atoms with E-state index in [0.717, 1.165) is 39.6 Å². The van der Waals surface area contributed by atoms with E-state index >= 15 is 0 Å². The molecule has 2 heterocycles. The molecule has 23 heavy (non-hydrogen) atoms. The van der Waals surface area contributed by atoms with E-state index in [-0.39, 0.29) is 5.97 Å². The number of aromatic nitrogens is 3. The van der Waals surface area contributed by atoms with Gasteiger partial charge in [-0.3, -0.25) is 0 Å². The second-order valence-electron chi connectivity index (χ2n) is 5.45. The van der Waals surface area contributed by atoms with Gasteiger partial charge in [0.05, 0.1) is 23.0 Å². The van der Waals surface area contributed by atoms with Crippen molar-refractivity contribution < 1.29 is 9.53 Å². The number of H-pyrrole nitrogens is 1. The monoisotopic (exact) mass is 375 g/mol. The summed E-state index contributed by atoms with van der Waals surface area (Å²) >= 11 is 3.48. The molecule has 0 saturated heterocycles. The number of hydrogen-bond donors (Lipinski definition) is 1. The number of benzene rings is 1. The second kappa shape index (κ2) is 6.58. The molecular weight excluding hydrogens is 358 g/mol. The fourth-order valence-electron chi connectivity index (χ4n) is 2.53. The first-order valence-electron chi connectivity index (χ1n) is 7.61. The van der Waals surface area contributed by atoms with Crippen LogP contribution in [0.3, 0.4) is 0 Å². The van der Waals surface area contributed by atoms with Gasteiger partial charge in [-0.15, -0.1) is 0 Å². The second-order valence-corrected chi connectivity index (χ2v) is 6.20. The van der Waals surface area contributed by atoms with Crippen molar-refractivity contribution >= 4 is 44.4 Å². The first kappa shape index (κ1) is 15.8. The summed E-state index contributed by atoms with van der Waals surface area (Å²) in [5.74, 6) is -0.350. The molecule has 3 rings (SSSR count). The van der Waals surface area contributed by atoms with Crippen LogP contribution in [-0.2, 0) is 9.53 Å². The number of unbranched alkanes of at least 4 members (excludes halogenated alkanes) is 1. The lowest BCUT2D eigenvalue weighted by Crippen LogP contribution is -2.16. The molecule has 0 bridgehead atoms. The number of aromatic amines is 1. The topological polar surface area (TPSA) is 59.4 Å². The Kier molecular flexibility index (Phi) is 4.52. The fraction of sp³-hybridized carbons (Fsp3) is 0.294. The van der Waals surface area contributed by atoms with Crippen molar-refractivity contribution in [2.45, 2.75) is 26.7 Å². The maximum absolute atomic E-state index is 12.0. The molecule has 1 N–H and O–H groups in total. The largest absolute Gasteiger partial charge is 0.462 e. The SMILES string of the molecule is CCCCOC(=O)/C=c1/cc(C)[nH]c2cccc3c(Br)nn1c23. The van der Waals surface area contributed by atoms with Crippen molar-refractivity contribution in [2.75, 3.05) is 6.61 Å². The number of halogens is 1. The summed E-state index contributed by atoms with van der Waals surface area (Å²) in [4.78, 5) is 15.4. The van der Waals surface area contributed by atoms with E-state index < -0.39 is 0 Å². The van der Waals surface area contributed by atoms with Crippen LogP contribution in [0.2, 0.25) is 0 Å². The standard InChI is InChI=1S/C17H18BrN3O2/c1-3-4-8-23-15(22)10-12-9-11(2)19-14-7-5-6-13-16(14)21(12)20-17(13)18/h5-7,9-10,19H,3-4,8H2,1-2H3/b12-10-. The van der Waals surface area contributed by atoms with Gasteiger partial charge in [-0.1, -0.05) is 19.4 Å². The zero-order chi connectivity index (χ0) is 16.4. The number of rotatable bonds is 4. The van der Waals surface area contributed by atoms with Crippen molar-refractivity contribution in [1.82, 2.24) is 14.6 Å². The molecule has 5 nitrogen and oxygen atoms in total. The number of ether oxygens (including phenoxy) is 1. The van der Waals surface area contributed by atoms with Crippen LogP contribution in [0.5, 0.6) is 0 Å². The molecule has 0 aliphatic heterocycles. The minimum Gasteiger partial charge on any atom is -0.462 e. The zero-order valence-corrected chi connectivity index (χ0v) is 14.7. The Labute approximate surface area is 142 Å². The van der Waals surface area contributed by atoms with E-state index in [9.17, 15) is 4.79 Å². The summed E-state index contributed by atoms with van der Waals surface area (Å²) < 4.78 is 7.74. The Morgan fingerprint density at radius 1 is 1.48 bits per heavy atom. The van der Waals surface area contributed by atoms with E-state index in [1.807, 2.05) is 31.2 Å². The van der Waals surface area contributed by atoms with Crippen molar-refractivity contribution in [3.05, 3.63) is 39.9 Å². The van der Waals surface area contributed by atoms with Crippen molar-refractivity contribution in [2.24, 2.45) is 0 Å². The quantitative estimate of drug-likeness (QED) is 0.562. The molecule has 0 radical (unpaired) electrons. The molecule has 0 aliphatic rings. The first-order valence-corrected chi connectivity index (χ1v) is 8.41. The van der Waals surface area contributed by atoms with Crippen molar-refractivity contribution in [3.8, 4) is 0 Å². The predicted molar refractivity (Wildman–Crippen MR) is 93.8 cm³/mol. The Bertz CT molecular complexity index is 940. The van der Waals surface area contributed by atoms with Gasteiger partial charge in [-0.2, -0.15) is 5.10 Å². The molecule has 6 heteroatoms. The van der Waals surface area contributed by atoms with E-state index in [0.29, 0.717) is 12.0 Å². The number of para-hydroxylation sites is 1. The molecule has 0 unspecified atom stereocenters. The summed E-state index contributed by atoms with van der Waals surface area (Å²) in [5, 5.41) is 6.19. The van der Waals surface area contributed by atoms with Gasteiger partial charge in [0.15, 0.2) is 0 Å². The highest BCUT2D eigenvalue weighted by Crippen LogP contribution is 2.24. The normalized spacial score (nSPS) is 12.2. The van der Waals surface area contributed by atoms with E-state index in [2.05, 4.69) is 32.9 Å². The summed E-state index contributed by atoms with van der Waals surface area (Å²) in [6.45, 7) is 4.45. The van der Waals surface area contributed by atoms with Crippen LogP contribution < -0.4 is 5.35 Å². The number of nitrogens with zero attached hydrogens (tertiary/aromatic N) is 2. The van der Waals surface area contributed by atoms with Crippen LogP contribution in [0.15, 0.2) is 28.9 Å². The number of aryl methyl sites for hydroxylation is 1. The van der Waals surface area contributed by atoms with Gasteiger partial charge < -0.3 is 9.72 Å². The first-order chi connectivity index (χ1) is 11.1. The summed E-state index contributed by atoms with van der Waals surface area (Å²) in [7, 11) is 0. The molecule has 0 fully saturated rings. The van der Waals surface area contributed by atoms with E-state index in [1.54, 1.807) is 4.52 Å². The molecule has 0 spiro atoms. The predicted octanol–water partition coefficient (Wildman–Crippen LogP) is 3.29. The van der Waals surface area contributed by atoms with Crippen molar-refractivity contribution in [3.63, 3.8) is 0 Å². The molecule has 0 atom stereocenters. The van der Waals surface area contributed by atoms with Crippen LogP contribution in [0.25, 0.3) is 22.5 Å². The number of nitrogens with one attached hydrogen (secondary N) is 1. The molecule has 0 amide bonds. The maximum Gasteiger partial charge on any atom is 0.332 e. The summed E-state index contributed by atoms with van der Waals surface area (Å²) in [6, 6.07) is 7.85. The van der Waals surface area contributed by atoms with Gasteiger partial charge in [0.1, 0.15) is 4.60 Å². The van der Waals surface area contributed by atoms with Crippen LogP contribution in [-0.4, -0.2) is 27.2 Å². The van der Waals surface area contributed by atoms with Crippen LogP contribution in [0, 0.1) is 6.92 Å². The zero-order valence-electron chi connectivity index (χ0n) is 13.1. The Hall–Kier alpha value is -2.08. The minimum atomic E-state index is -0.350. The smallest absolute Gasteiger partial charge is 0.332 e. The number of esters is 1. The molecule has 0 aliphatic carbocycles. The number of carbonyl (C=O) groups excluding carboxylic acids is 1. The van der Waals surface area contributed by atoms with Crippen molar-refractivity contribution in [1.29, 1.82) is 0 Å². The molecule has 1 aromatic carbocycles. The molecule has 0 saturated carbocycles. The minimum absolute atomic E-state index is 0.350. The average Bonchev–Trinajstić information content (AvgIpc) is 2.78. The maximum atomic E-state index is 12.0. The molecular formula is C17H18BrN3O2. The summed E-state index contributed by atoms with van der Waals surface area (Å²) in [6.07, 6.45) is 3.35. The van der Waals surface area contributed by atoms with Gasteiger partial charge in [0.25, 0.3) is 0 Å². The fourth-order valence-corrected chi connectivity index (χ4v) is 3.01. The van der Waals surface area contributed by atoms with Gasteiger partial charge >= 0.3 is 5.97 Å². The lowest BCUT2D eigenvalue weighted by molar-refractivity contribution is -0.136. The molecule has 2 aromatic heterocycles. The van der Waals surface area contributed by atoms with Gasteiger partial charge in [-0.25, -0.2) is 9.31 Å². The third-order valence-electron chi connectivity index (χ3n) is 3.61. The third-order valence-corrected chi connectivity index (χ3v) is 4.19. The van der Waals surface area contributed by atoms with E-state index in [4.69, 9.17) is 4.74 Å². The van der Waals surface area contributed by atoms with E-state index in [1.165, 1.54) is 6.08 Å². The molecule has 3 aromatic rings. The Morgan fingerprint density at radius 3 is 3.09 bits per heavy atom. The van der Waals surface area contributed by atoms with Crippen LogP contribution in [0.1, 0.15) is 25.5 Å². The number of carbonyl (C=O) groups is 1. The van der Waals surface area contributed by atoms with Gasteiger partial charge in [0.2, 0.25) is 0 Å². The molecule has 120 valence electrons. The van der Waals surface area contributed by atoms with Gasteiger partial charge in [0, 0.05) is 17.2 Å².